The molecule has 1 aliphatic heterocycles. The number of nitrogens with zero attached hydrogens (tertiary/aromatic N) is 2. The average molecular weight is 264 g/mol. The van der Waals surface area contributed by atoms with Gasteiger partial charge in [-0.3, -0.25) is 0 Å². The molecule has 0 radical (unpaired) electrons. The molecule has 19 heavy (non-hydrogen) atoms. The van der Waals surface area contributed by atoms with Crippen LogP contribution in [0.2, 0.25) is 0 Å². The molecule has 5 heteroatoms. The number of methoxy groups -OCH3 is 1. The van der Waals surface area contributed by atoms with Crippen LogP contribution >= 0.6 is 0 Å². The standard InChI is InChI=1S/C14H20N2O3/c1-3-19-14(17)12-7-4-8-15-13(12)16-9-5-6-11(10-16)18-2/h4,7-8,11H,3,5-6,9-10H2,1-2H3. The van der Waals surface area contributed by atoms with Gasteiger partial charge >= 0.3 is 5.97 Å². The van der Waals surface area contributed by atoms with E-state index in [1.165, 1.54) is 0 Å². The topological polar surface area (TPSA) is 51.7 Å². The summed E-state index contributed by atoms with van der Waals surface area (Å²) in [7, 11) is 1.72. The van der Waals surface area contributed by atoms with E-state index in [1.807, 2.05) is 0 Å². The van der Waals surface area contributed by atoms with E-state index in [0.29, 0.717) is 18.0 Å². The van der Waals surface area contributed by atoms with Crippen LogP contribution in [0.3, 0.4) is 0 Å². The Kier molecular flexibility index (Phi) is 4.74. The molecule has 0 saturated carbocycles. The van der Waals surface area contributed by atoms with Gasteiger partial charge in [0.2, 0.25) is 0 Å². The molecule has 0 amide bonds. The summed E-state index contributed by atoms with van der Waals surface area (Å²) in [6.07, 6.45) is 3.99. The van der Waals surface area contributed by atoms with Gasteiger partial charge in [-0.25, -0.2) is 9.78 Å². The number of piperidine rings is 1. The zero-order chi connectivity index (χ0) is 13.7. The van der Waals surface area contributed by atoms with Crippen LogP contribution in [0.25, 0.3) is 0 Å². The van der Waals surface area contributed by atoms with Crippen LogP contribution in [0, 0.1) is 0 Å². The molecule has 1 unspecified atom stereocenters. The SMILES string of the molecule is CCOC(=O)c1cccnc1N1CCCC(OC)C1. The van der Waals surface area contributed by atoms with Gasteiger partial charge < -0.3 is 14.4 Å². The Balaban J connectivity index is 2.21. The van der Waals surface area contributed by atoms with E-state index in [1.54, 1.807) is 32.4 Å². The quantitative estimate of drug-likeness (QED) is 0.777. The Morgan fingerprint density at radius 1 is 1.58 bits per heavy atom. The molecule has 1 fully saturated rings. The highest BCUT2D eigenvalue weighted by Crippen LogP contribution is 2.23. The molecule has 5 nitrogen and oxygen atoms in total. The summed E-state index contributed by atoms with van der Waals surface area (Å²) in [6, 6.07) is 3.52. The zero-order valence-electron chi connectivity index (χ0n) is 11.5. The van der Waals surface area contributed by atoms with Gasteiger partial charge in [0.05, 0.1) is 12.7 Å². The third kappa shape index (κ3) is 3.23. The van der Waals surface area contributed by atoms with Gasteiger partial charge in [-0.15, -0.1) is 0 Å². The minimum atomic E-state index is -0.315. The van der Waals surface area contributed by atoms with E-state index in [2.05, 4.69) is 9.88 Å². The van der Waals surface area contributed by atoms with Gasteiger partial charge in [0.1, 0.15) is 11.4 Å². The molecule has 0 spiro atoms. The molecule has 1 aromatic heterocycles. The summed E-state index contributed by atoms with van der Waals surface area (Å²) < 4.78 is 10.5. The molecule has 0 aliphatic carbocycles. The molecule has 1 aromatic rings. The first-order chi connectivity index (χ1) is 9.26. The molecular weight excluding hydrogens is 244 g/mol. The first-order valence-corrected chi connectivity index (χ1v) is 6.66. The number of carbonyl (C=O) groups is 1. The molecule has 1 atom stereocenters. The second-order valence-electron chi connectivity index (χ2n) is 4.54. The Bertz CT molecular complexity index is 436. The third-order valence-corrected chi connectivity index (χ3v) is 3.29. The smallest absolute Gasteiger partial charge is 0.341 e. The molecular formula is C14H20N2O3. The van der Waals surface area contributed by atoms with Gasteiger partial charge in [0.25, 0.3) is 0 Å². The second kappa shape index (κ2) is 6.52. The van der Waals surface area contributed by atoms with E-state index in [-0.39, 0.29) is 12.1 Å². The van der Waals surface area contributed by atoms with Crippen molar-refractivity contribution in [3.8, 4) is 0 Å². The predicted octanol–water partition coefficient (Wildman–Crippen LogP) is 1.87. The van der Waals surface area contributed by atoms with Gasteiger partial charge in [-0.05, 0) is 31.9 Å². The lowest BCUT2D eigenvalue weighted by atomic mass is 10.1. The fourth-order valence-corrected chi connectivity index (χ4v) is 2.34. The van der Waals surface area contributed by atoms with Crippen LogP contribution in [-0.2, 0) is 9.47 Å². The number of aromatic nitrogens is 1. The van der Waals surface area contributed by atoms with Gasteiger partial charge in [0.15, 0.2) is 0 Å². The molecule has 1 aliphatic rings. The van der Waals surface area contributed by atoms with Crippen LogP contribution in [0.5, 0.6) is 0 Å². The summed E-state index contributed by atoms with van der Waals surface area (Å²) in [4.78, 5) is 18.4. The lowest BCUT2D eigenvalue weighted by Crippen LogP contribution is -2.40. The van der Waals surface area contributed by atoms with Crippen molar-refractivity contribution in [2.24, 2.45) is 0 Å². The Hall–Kier alpha value is -1.62. The van der Waals surface area contributed by atoms with E-state index < -0.39 is 0 Å². The summed E-state index contributed by atoms with van der Waals surface area (Å²) in [5.41, 5.74) is 0.529. The zero-order valence-corrected chi connectivity index (χ0v) is 11.5. The van der Waals surface area contributed by atoms with Crippen molar-refractivity contribution in [2.45, 2.75) is 25.9 Å². The van der Waals surface area contributed by atoms with Crippen LogP contribution in [0.4, 0.5) is 5.82 Å². The van der Waals surface area contributed by atoms with Crippen molar-refractivity contribution in [2.75, 3.05) is 31.7 Å². The highest BCUT2D eigenvalue weighted by molar-refractivity contribution is 5.94. The Labute approximate surface area is 113 Å². The Morgan fingerprint density at radius 3 is 3.16 bits per heavy atom. The van der Waals surface area contributed by atoms with Crippen molar-refractivity contribution >= 4 is 11.8 Å². The summed E-state index contributed by atoms with van der Waals surface area (Å²) in [5, 5.41) is 0. The van der Waals surface area contributed by atoms with Gasteiger partial charge in [-0.2, -0.15) is 0 Å². The highest BCUT2D eigenvalue weighted by atomic mass is 16.5. The maximum Gasteiger partial charge on any atom is 0.341 e. The lowest BCUT2D eigenvalue weighted by Gasteiger charge is -2.33. The van der Waals surface area contributed by atoms with Crippen LogP contribution in [0.15, 0.2) is 18.3 Å². The Morgan fingerprint density at radius 2 is 2.42 bits per heavy atom. The number of hydrogen-bond donors (Lipinski definition) is 0. The van der Waals surface area contributed by atoms with E-state index in [9.17, 15) is 4.79 Å². The number of hydrogen-bond acceptors (Lipinski definition) is 5. The van der Waals surface area contributed by atoms with E-state index in [4.69, 9.17) is 9.47 Å². The van der Waals surface area contributed by atoms with Gasteiger partial charge in [0, 0.05) is 26.4 Å². The molecule has 1 saturated heterocycles. The normalized spacial score (nSPS) is 19.3. The maximum absolute atomic E-state index is 11.9. The van der Waals surface area contributed by atoms with Gasteiger partial charge in [-0.1, -0.05) is 0 Å². The monoisotopic (exact) mass is 264 g/mol. The number of ether oxygens (including phenoxy) is 2. The number of anilines is 1. The number of esters is 1. The summed E-state index contributed by atoms with van der Waals surface area (Å²) in [6.45, 7) is 3.83. The minimum absolute atomic E-state index is 0.200. The summed E-state index contributed by atoms with van der Waals surface area (Å²) in [5.74, 6) is 0.382. The molecule has 2 heterocycles. The van der Waals surface area contributed by atoms with Crippen molar-refractivity contribution < 1.29 is 14.3 Å². The molecule has 0 bridgehead atoms. The van der Waals surface area contributed by atoms with E-state index >= 15 is 0 Å². The minimum Gasteiger partial charge on any atom is -0.462 e. The molecule has 0 aromatic carbocycles. The van der Waals surface area contributed by atoms with E-state index in [0.717, 1.165) is 25.9 Å². The third-order valence-electron chi connectivity index (χ3n) is 3.29. The van der Waals surface area contributed by atoms with Crippen molar-refractivity contribution in [3.05, 3.63) is 23.9 Å². The summed E-state index contributed by atoms with van der Waals surface area (Å²) >= 11 is 0. The lowest BCUT2D eigenvalue weighted by molar-refractivity contribution is 0.0525. The van der Waals surface area contributed by atoms with Crippen LogP contribution < -0.4 is 4.90 Å². The molecule has 2 rings (SSSR count). The van der Waals surface area contributed by atoms with Crippen molar-refractivity contribution in [1.82, 2.24) is 4.98 Å². The molecule has 0 N–H and O–H groups in total. The average Bonchev–Trinajstić information content (AvgIpc) is 2.47. The predicted molar refractivity (Wildman–Crippen MR) is 72.4 cm³/mol. The highest BCUT2D eigenvalue weighted by Gasteiger charge is 2.24. The molecule has 104 valence electrons. The fourth-order valence-electron chi connectivity index (χ4n) is 2.34. The number of pyridine rings is 1. The number of carbonyl (C=O) groups excluding carboxylic acids is 1. The first-order valence-electron chi connectivity index (χ1n) is 6.66. The van der Waals surface area contributed by atoms with Crippen molar-refractivity contribution in [1.29, 1.82) is 0 Å². The largest absolute Gasteiger partial charge is 0.462 e. The van der Waals surface area contributed by atoms with Crippen LogP contribution in [-0.4, -0.2) is 43.9 Å². The number of rotatable bonds is 4. The second-order valence-corrected chi connectivity index (χ2v) is 4.54. The fraction of sp³-hybridized carbons (Fsp3) is 0.571. The van der Waals surface area contributed by atoms with Crippen molar-refractivity contribution in [3.63, 3.8) is 0 Å². The first kappa shape index (κ1) is 13.8. The van der Waals surface area contributed by atoms with Crippen LogP contribution in [0.1, 0.15) is 30.1 Å². The maximum atomic E-state index is 11.9.